The average Bonchev–Trinajstić information content (AvgIpc) is 3.01. The van der Waals surface area contributed by atoms with Crippen molar-refractivity contribution in [2.45, 2.75) is 32.9 Å². The molecular weight excluding hydrogens is 472 g/mol. The van der Waals surface area contributed by atoms with Crippen LogP contribution in [-0.4, -0.2) is 25.2 Å². The molecule has 3 rings (SSSR count). The number of carboxylic acid groups (broad SMARTS) is 1. The number of pyridine rings is 1. The molecule has 3 aromatic rings. The van der Waals surface area contributed by atoms with Gasteiger partial charge in [-0.25, -0.2) is 9.78 Å². The van der Waals surface area contributed by atoms with E-state index in [0.717, 1.165) is 12.0 Å². The van der Waals surface area contributed by atoms with Gasteiger partial charge in [-0.3, -0.25) is 4.79 Å². The molecule has 1 aromatic carbocycles. The molecule has 9 heteroatoms. The number of aromatic carboxylic acids is 1. The Bertz CT molecular complexity index is 1110. The van der Waals surface area contributed by atoms with Crippen LogP contribution in [0.25, 0.3) is 0 Å². The number of hydrogen-bond donors (Lipinski definition) is 2. The molecule has 0 aliphatic heterocycles. The van der Waals surface area contributed by atoms with Crippen LogP contribution in [0, 0.1) is 6.92 Å². The molecule has 158 valence electrons. The zero-order valence-corrected chi connectivity index (χ0v) is 19.2. The van der Waals surface area contributed by atoms with E-state index in [1.165, 1.54) is 4.57 Å². The highest BCUT2D eigenvalue weighted by Crippen LogP contribution is 2.31. The van der Waals surface area contributed by atoms with Crippen molar-refractivity contribution in [1.29, 1.82) is 0 Å². The van der Waals surface area contributed by atoms with Gasteiger partial charge in [-0.2, -0.15) is 0 Å². The second kappa shape index (κ2) is 9.06. The number of nitrogens with one attached hydrogen (secondary N) is 1. The molecular formula is C21H22BrClN4O3. The van der Waals surface area contributed by atoms with Crippen LogP contribution in [0.2, 0.25) is 5.02 Å². The lowest BCUT2D eigenvalue weighted by Crippen LogP contribution is -2.22. The van der Waals surface area contributed by atoms with Gasteiger partial charge < -0.3 is 19.6 Å². The van der Waals surface area contributed by atoms with E-state index in [0.29, 0.717) is 33.2 Å². The number of carboxylic acids is 1. The van der Waals surface area contributed by atoms with Crippen molar-refractivity contribution in [3.63, 3.8) is 0 Å². The molecule has 0 radical (unpaired) electrons. The van der Waals surface area contributed by atoms with Crippen molar-refractivity contribution in [2.75, 3.05) is 5.32 Å². The van der Waals surface area contributed by atoms with Crippen LogP contribution in [0.3, 0.4) is 0 Å². The summed E-state index contributed by atoms with van der Waals surface area (Å²) in [4.78, 5) is 28.8. The highest BCUT2D eigenvalue weighted by molar-refractivity contribution is 9.10. The molecule has 0 saturated heterocycles. The second-order valence-electron chi connectivity index (χ2n) is 7.03. The second-order valence-corrected chi connectivity index (χ2v) is 8.17. The molecule has 0 bridgehead atoms. The van der Waals surface area contributed by atoms with Crippen LogP contribution in [0.4, 0.5) is 5.69 Å². The predicted octanol–water partition coefficient (Wildman–Crippen LogP) is 4.62. The number of anilines is 1. The fourth-order valence-corrected chi connectivity index (χ4v) is 4.06. The van der Waals surface area contributed by atoms with Crippen molar-refractivity contribution in [3.05, 3.63) is 79.2 Å². The Kier molecular flexibility index (Phi) is 6.67. The zero-order chi connectivity index (χ0) is 22.0. The summed E-state index contributed by atoms with van der Waals surface area (Å²) in [5.74, 6) is -1.06. The predicted molar refractivity (Wildman–Crippen MR) is 121 cm³/mol. The number of hydrogen-bond acceptors (Lipinski definition) is 4. The average molecular weight is 494 g/mol. The van der Waals surface area contributed by atoms with Gasteiger partial charge in [-0.1, -0.05) is 30.7 Å². The van der Waals surface area contributed by atoms with Gasteiger partial charge in [0, 0.05) is 30.4 Å². The largest absolute Gasteiger partial charge is 0.477 e. The van der Waals surface area contributed by atoms with Gasteiger partial charge in [0.25, 0.3) is 5.56 Å². The number of halogens is 2. The summed E-state index contributed by atoms with van der Waals surface area (Å²) in [7, 11) is 1.67. The first-order chi connectivity index (χ1) is 14.2. The van der Waals surface area contributed by atoms with Crippen LogP contribution >= 0.6 is 27.5 Å². The van der Waals surface area contributed by atoms with Crippen LogP contribution in [0.1, 0.15) is 46.7 Å². The summed E-state index contributed by atoms with van der Waals surface area (Å²) < 4.78 is 3.59. The fraction of sp³-hybridized carbons (Fsp3) is 0.286. The highest BCUT2D eigenvalue weighted by Gasteiger charge is 2.28. The standard InChI is InChI=1S/C21H22BrClN4O3/c1-4-9-27-18(20(29)30)17(25-21(27)22)16(13-5-7-14(23)8-6-13)24-15-10-12(2)19(28)26(3)11-15/h5-8,10-11,16,24H,4,9H2,1-3H3,(H,29,30). The number of benzene rings is 1. The van der Waals surface area contributed by atoms with E-state index in [1.807, 2.05) is 19.1 Å². The fourth-order valence-electron chi connectivity index (χ4n) is 3.39. The number of aromatic nitrogens is 3. The Hall–Kier alpha value is -2.58. The third-order valence-electron chi connectivity index (χ3n) is 4.75. The Morgan fingerprint density at radius 3 is 2.57 bits per heavy atom. The van der Waals surface area contributed by atoms with E-state index in [4.69, 9.17) is 11.6 Å². The lowest BCUT2D eigenvalue weighted by molar-refractivity contribution is 0.0683. The van der Waals surface area contributed by atoms with E-state index in [-0.39, 0.29) is 11.3 Å². The van der Waals surface area contributed by atoms with Gasteiger partial charge in [0.2, 0.25) is 0 Å². The molecule has 0 aliphatic rings. The Balaban J connectivity index is 2.18. The van der Waals surface area contributed by atoms with E-state index < -0.39 is 12.0 Å². The van der Waals surface area contributed by atoms with Crippen molar-refractivity contribution >= 4 is 39.2 Å². The van der Waals surface area contributed by atoms with Gasteiger partial charge >= 0.3 is 5.97 Å². The summed E-state index contributed by atoms with van der Waals surface area (Å²) in [5.41, 5.74) is 2.43. The molecule has 7 nitrogen and oxygen atoms in total. The molecule has 0 aliphatic carbocycles. The van der Waals surface area contributed by atoms with Crippen LogP contribution in [0.15, 0.2) is 46.1 Å². The normalized spacial score (nSPS) is 12.0. The molecule has 1 unspecified atom stereocenters. The number of aryl methyl sites for hydroxylation is 2. The molecule has 2 N–H and O–H groups in total. The Morgan fingerprint density at radius 1 is 1.33 bits per heavy atom. The monoisotopic (exact) mass is 492 g/mol. The zero-order valence-electron chi connectivity index (χ0n) is 16.8. The van der Waals surface area contributed by atoms with Crippen LogP contribution < -0.4 is 10.9 Å². The van der Waals surface area contributed by atoms with Gasteiger partial charge in [0.1, 0.15) is 5.69 Å². The third kappa shape index (κ3) is 4.44. The quantitative estimate of drug-likeness (QED) is 0.501. The van der Waals surface area contributed by atoms with Gasteiger partial charge in [0.15, 0.2) is 10.4 Å². The number of nitrogens with zero attached hydrogens (tertiary/aromatic N) is 3. The molecule has 0 fully saturated rings. The minimum atomic E-state index is -1.06. The minimum Gasteiger partial charge on any atom is -0.477 e. The van der Waals surface area contributed by atoms with E-state index in [9.17, 15) is 14.7 Å². The molecule has 0 amide bonds. The van der Waals surface area contributed by atoms with Crippen LogP contribution in [0.5, 0.6) is 0 Å². The minimum absolute atomic E-state index is 0.0928. The first-order valence-corrected chi connectivity index (χ1v) is 10.6. The molecule has 2 aromatic heterocycles. The smallest absolute Gasteiger partial charge is 0.354 e. The van der Waals surface area contributed by atoms with Crippen molar-refractivity contribution in [2.24, 2.45) is 7.05 Å². The summed E-state index contributed by atoms with van der Waals surface area (Å²) in [6.45, 7) is 4.22. The van der Waals surface area contributed by atoms with Crippen LogP contribution in [-0.2, 0) is 13.6 Å². The lowest BCUT2D eigenvalue weighted by atomic mass is 10.0. The van der Waals surface area contributed by atoms with Crippen molar-refractivity contribution in [3.8, 4) is 0 Å². The van der Waals surface area contributed by atoms with E-state index in [1.54, 1.807) is 42.9 Å². The first kappa shape index (κ1) is 22.1. The topological polar surface area (TPSA) is 89.2 Å². The molecule has 30 heavy (non-hydrogen) atoms. The number of carbonyl (C=O) groups is 1. The number of rotatable bonds is 7. The molecule has 1 atom stereocenters. The van der Waals surface area contributed by atoms with Gasteiger partial charge in [-0.05, 0) is 53.0 Å². The maximum absolute atomic E-state index is 12.1. The SMILES string of the molecule is CCCn1c(Br)nc(C(Nc2cc(C)c(=O)n(C)c2)c2ccc(Cl)cc2)c1C(=O)O. The number of imidazole rings is 1. The maximum atomic E-state index is 12.1. The van der Waals surface area contributed by atoms with Crippen molar-refractivity contribution < 1.29 is 9.90 Å². The van der Waals surface area contributed by atoms with E-state index >= 15 is 0 Å². The Morgan fingerprint density at radius 2 is 2.00 bits per heavy atom. The summed E-state index contributed by atoms with van der Waals surface area (Å²) in [5, 5.41) is 13.9. The highest BCUT2D eigenvalue weighted by atomic mass is 79.9. The summed E-state index contributed by atoms with van der Waals surface area (Å²) >= 11 is 9.46. The lowest BCUT2D eigenvalue weighted by Gasteiger charge is -2.21. The van der Waals surface area contributed by atoms with Gasteiger partial charge in [-0.15, -0.1) is 0 Å². The Labute approximate surface area is 187 Å². The summed E-state index contributed by atoms with van der Waals surface area (Å²) in [6, 6.07) is 8.32. The third-order valence-corrected chi connectivity index (χ3v) is 5.61. The van der Waals surface area contributed by atoms with Crippen molar-refractivity contribution in [1.82, 2.24) is 14.1 Å². The molecule has 0 saturated carbocycles. The molecule has 2 heterocycles. The van der Waals surface area contributed by atoms with E-state index in [2.05, 4.69) is 26.2 Å². The maximum Gasteiger partial charge on any atom is 0.354 e. The molecule has 0 spiro atoms. The first-order valence-electron chi connectivity index (χ1n) is 9.41. The van der Waals surface area contributed by atoms with Gasteiger partial charge in [0.05, 0.1) is 11.7 Å². The summed E-state index contributed by atoms with van der Waals surface area (Å²) in [6.07, 6.45) is 2.44.